The van der Waals surface area contributed by atoms with E-state index in [2.05, 4.69) is 42.6 Å². The van der Waals surface area contributed by atoms with E-state index in [9.17, 15) is 0 Å². The smallest absolute Gasteiger partial charge is 0.222 e. The second-order valence-corrected chi connectivity index (χ2v) is 7.04. The Balaban J connectivity index is 1.62. The van der Waals surface area contributed by atoms with Gasteiger partial charge in [-0.1, -0.05) is 0 Å². The molecular weight excluding hydrogens is 324 g/mol. The highest BCUT2D eigenvalue weighted by Crippen LogP contribution is 2.30. The lowest BCUT2D eigenvalue weighted by Crippen LogP contribution is -2.29. The molecule has 2 N–H and O–H groups in total. The van der Waals surface area contributed by atoms with E-state index in [-0.39, 0.29) is 0 Å². The molecule has 1 atom stereocenters. The number of hydrogen-bond acceptors (Lipinski definition) is 5. The second kappa shape index (κ2) is 5.98. The summed E-state index contributed by atoms with van der Waals surface area (Å²) in [4.78, 5) is 9.91. The molecule has 3 rings (SSSR count). The maximum atomic E-state index is 4.37. The van der Waals surface area contributed by atoms with Crippen LogP contribution in [0.3, 0.4) is 0 Å². The van der Waals surface area contributed by atoms with Gasteiger partial charge in [0.05, 0.1) is 3.79 Å². The molecule has 6 heteroatoms. The monoisotopic (exact) mass is 338 g/mol. The molecule has 0 bridgehead atoms. The highest BCUT2D eigenvalue weighted by atomic mass is 79.9. The van der Waals surface area contributed by atoms with Crippen LogP contribution in [0.4, 0.5) is 5.95 Å². The Hall–Kier alpha value is -0.980. The van der Waals surface area contributed by atoms with E-state index in [1.165, 1.54) is 17.7 Å². The fourth-order valence-electron chi connectivity index (χ4n) is 2.16. The molecule has 1 saturated heterocycles. The summed E-state index contributed by atoms with van der Waals surface area (Å²) >= 11 is 5.15. The van der Waals surface area contributed by atoms with Crippen LogP contribution in [0.2, 0.25) is 0 Å². The lowest BCUT2D eigenvalue weighted by molar-refractivity contribution is 0.631. The molecule has 1 unspecified atom stereocenters. The van der Waals surface area contributed by atoms with Gasteiger partial charge >= 0.3 is 0 Å². The van der Waals surface area contributed by atoms with Crippen LogP contribution in [-0.2, 0) is 0 Å². The first kappa shape index (κ1) is 13.0. The predicted octanol–water partition coefficient (Wildman–Crippen LogP) is 3.13. The minimum absolute atomic E-state index is 0.552. The Morgan fingerprint density at radius 2 is 2.21 bits per heavy atom. The average Bonchev–Trinajstić information content (AvgIpc) is 3.08. The van der Waals surface area contributed by atoms with E-state index in [1.807, 2.05) is 18.5 Å². The summed E-state index contributed by atoms with van der Waals surface area (Å²) in [5, 5.41) is 6.73. The number of anilines is 1. The molecule has 4 nitrogen and oxygen atoms in total. The molecule has 2 aromatic rings. The van der Waals surface area contributed by atoms with Crippen LogP contribution in [0.5, 0.6) is 0 Å². The van der Waals surface area contributed by atoms with Crippen molar-refractivity contribution >= 4 is 33.2 Å². The summed E-state index contributed by atoms with van der Waals surface area (Å²) in [6, 6.07) is 4.66. The quantitative estimate of drug-likeness (QED) is 0.899. The first-order valence-electron chi connectivity index (χ1n) is 6.36. The molecule has 1 aliphatic rings. The van der Waals surface area contributed by atoms with Gasteiger partial charge in [0.2, 0.25) is 5.95 Å². The molecule has 0 radical (unpaired) electrons. The Kier molecular flexibility index (Phi) is 4.10. The molecule has 1 aliphatic heterocycles. The summed E-state index contributed by atoms with van der Waals surface area (Å²) in [5.41, 5.74) is 1.06. The van der Waals surface area contributed by atoms with E-state index >= 15 is 0 Å². The van der Waals surface area contributed by atoms with Gasteiger partial charge < -0.3 is 10.6 Å². The average molecular weight is 339 g/mol. The zero-order valence-electron chi connectivity index (χ0n) is 10.4. The van der Waals surface area contributed by atoms with Gasteiger partial charge in [0.1, 0.15) is 0 Å². The van der Waals surface area contributed by atoms with Crippen molar-refractivity contribution in [3.63, 3.8) is 0 Å². The summed E-state index contributed by atoms with van der Waals surface area (Å²) in [6.45, 7) is 2.02. The number of thiophene rings is 1. The summed E-state index contributed by atoms with van der Waals surface area (Å²) in [6.07, 6.45) is 6.24. The van der Waals surface area contributed by atoms with Crippen LogP contribution in [0, 0.1) is 0 Å². The van der Waals surface area contributed by atoms with E-state index in [0.29, 0.717) is 12.0 Å². The highest BCUT2D eigenvalue weighted by Gasteiger charge is 2.13. The fraction of sp³-hybridized carbons (Fsp3) is 0.385. The van der Waals surface area contributed by atoms with Gasteiger partial charge in [-0.15, -0.1) is 11.3 Å². The van der Waals surface area contributed by atoms with Crippen LogP contribution >= 0.6 is 27.3 Å². The van der Waals surface area contributed by atoms with Crippen molar-refractivity contribution in [2.75, 3.05) is 18.4 Å². The standard InChI is InChI=1S/C13H15BrN4S/c14-12-4-3-11(19-12)9-6-16-13(17-7-9)18-8-10-2-1-5-15-10/h3-4,6-7,10,15H,1-2,5,8H2,(H,16,17,18). The first-order valence-corrected chi connectivity index (χ1v) is 7.97. The molecule has 0 aliphatic carbocycles. The molecule has 1 fully saturated rings. The van der Waals surface area contributed by atoms with Gasteiger partial charge in [0.15, 0.2) is 0 Å². The van der Waals surface area contributed by atoms with Gasteiger partial charge in [-0.25, -0.2) is 9.97 Å². The zero-order valence-corrected chi connectivity index (χ0v) is 12.8. The van der Waals surface area contributed by atoms with Gasteiger partial charge in [-0.2, -0.15) is 0 Å². The van der Waals surface area contributed by atoms with Crippen LogP contribution in [0.1, 0.15) is 12.8 Å². The molecule has 100 valence electrons. The van der Waals surface area contributed by atoms with E-state index in [4.69, 9.17) is 0 Å². The van der Waals surface area contributed by atoms with E-state index in [1.54, 1.807) is 11.3 Å². The third kappa shape index (κ3) is 3.32. The maximum absolute atomic E-state index is 4.37. The Bertz CT molecular complexity index is 534. The number of aromatic nitrogens is 2. The molecule has 3 heterocycles. The zero-order chi connectivity index (χ0) is 13.1. The maximum Gasteiger partial charge on any atom is 0.222 e. The third-order valence-corrected chi connectivity index (χ3v) is 4.85. The predicted molar refractivity (Wildman–Crippen MR) is 82.6 cm³/mol. The molecule has 0 spiro atoms. The number of nitrogens with zero attached hydrogens (tertiary/aromatic N) is 2. The summed E-state index contributed by atoms with van der Waals surface area (Å²) in [7, 11) is 0. The Morgan fingerprint density at radius 3 is 2.84 bits per heavy atom. The third-order valence-electron chi connectivity index (χ3n) is 3.18. The van der Waals surface area contributed by atoms with Crippen LogP contribution in [0.25, 0.3) is 10.4 Å². The summed E-state index contributed by atoms with van der Waals surface area (Å²) in [5.74, 6) is 0.702. The molecular formula is C13H15BrN4S. The largest absolute Gasteiger partial charge is 0.353 e. The van der Waals surface area contributed by atoms with Crippen LogP contribution in [0.15, 0.2) is 28.3 Å². The van der Waals surface area contributed by atoms with Gasteiger partial charge in [0, 0.05) is 35.4 Å². The fourth-order valence-corrected chi connectivity index (χ4v) is 3.52. The summed E-state index contributed by atoms with van der Waals surface area (Å²) < 4.78 is 1.12. The number of hydrogen-bond donors (Lipinski definition) is 2. The van der Waals surface area contributed by atoms with Crippen LogP contribution in [-0.4, -0.2) is 29.1 Å². The molecule has 2 aromatic heterocycles. The molecule has 0 aromatic carbocycles. The normalized spacial score (nSPS) is 18.7. The van der Waals surface area contributed by atoms with Crippen LogP contribution < -0.4 is 10.6 Å². The molecule has 0 amide bonds. The first-order chi connectivity index (χ1) is 9.31. The van der Waals surface area contributed by atoms with Crippen molar-refractivity contribution in [2.45, 2.75) is 18.9 Å². The van der Waals surface area contributed by atoms with Crippen molar-refractivity contribution in [2.24, 2.45) is 0 Å². The van der Waals surface area contributed by atoms with Crippen molar-refractivity contribution in [1.82, 2.24) is 15.3 Å². The molecule has 19 heavy (non-hydrogen) atoms. The lowest BCUT2D eigenvalue weighted by atomic mass is 10.2. The topological polar surface area (TPSA) is 49.8 Å². The van der Waals surface area contributed by atoms with Crippen molar-refractivity contribution in [1.29, 1.82) is 0 Å². The van der Waals surface area contributed by atoms with Gasteiger partial charge in [0.25, 0.3) is 0 Å². The highest BCUT2D eigenvalue weighted by molar-refractivity contribution is 9.11. The number of rotatable bonds is 4. The van der Waals surface area contributed by atoms with Gasteiger partial charge in [-0.05, 0) is 47.4 Å². The van der Waals surface area contributed by atoms with Crippen molar-refractivity contribution < 1.29 is 0 Å². The second-order valence-electron chi connectivity index (χ2n) is 4.57. The lowest BCUT2D eigenvalue weighted by Gasteiger charge is -2.11. The Labute approximate surface area is 124 Å². The van der Waals surface area contributed by atoms with Gasteiger partial charge in [-0.3, -0.25) is 0 Å². The van der Waals surface area contributed by atoms with Crippen molar-refractivity contribution in [3.05, 3.63) is 28.3 Å². The molecule has 0 saturated carbocycles. The van der Waals surface area contributed by atoms with E-state index in [0.717, 1.165) is 22.4 Å². The van der Waals surface area contributed by atoms with Crippen molar-refractivity contribution in [3.8, 4) is 10.4 Å². The van der Waals surface area contributed by atoms with E-state index < -0.39 is 0 Å². The minimum Gasteiger partial charge on any atom is -0.353 e. The number of nitrogens with one attached hydrogen (secondary N) is 2. The Morgan fingerprint density at radius 1 is 1.37 bits per heavy atom. The SMILES string of the molecule is Brc1ccc(-c2cnc(NCC3CCCN3)nc2)s1. The number of halogens is 1. The minimum atomic E-state index is 0.552.